The number of carbonyl (C=O) groups is 1. The first-order chi connectivity index (χ1) is 4.56. The van der Waals surface area contributed by atoms with Crippen LogP contribution in [0.1, 0.15) is 13.8 Å². The smallest absolute Gasteiger partial charge is 0.126 e. The first-order valence-corrected chi connectivity index (χ1v) is 4.41. The summed E-state index contributed by atoms with van der Waals surface area (Å²) in [5.41, 5.74) is 0. The molecule has 0 fully saturated rings. The lowest BCUT2D eigenvalue weighted by molar-refractivity contribution is -0.114. The highest BCUT2D eigenvalue weighted by molar-refractivity contribution is 6.40. The van der Waals surface area contributed by atoms with E-state index in [1.165, 1.54) is 13.8 Å². The number of hydrogen-bond acceptors (Lipinski definition) is 1. The van der Waals surface area contributed by atoms with Gasteiger partial charge in [0.25, 0.3) is 0 Å². The van der Waals surface area contributed by atoms with Crippen molar-refractivity contribution in [1.82, 2.24) is 0 Å². The molecule has 0 amide bonds. The fraction of sp³-hybridized carbons (Fsp3) is 0.800. The SMILES string of the molecule is CC(C)=O.ClCCl.ClCCl.O. The van der Waals surface area contributed by atoms with Gasteiger partial charge in [-0.25, -0.2) is 0 Å². The molecule has 11 heavy (non-hydrogen) atoms. The van der Waals surface area contributed by atoms with E-state index in [1.807, 2.05) is 0 Å². The molecule has 0 aromatic rings. The van der Waals surface area contributed by atoms with Gasteiger partial charge >= 0.3 is 0 Å². The number of rotatable bonds is 0. The van der Waals surface area contributed by atoms with E-state index in [2.05, 4.69) is 0 Å². The van der Waals surface area contributed by atoms with E-state index in [1.54, 1.807) is 0 Å². The van der Waals surface area contributed by atoms with Crippen molar-refractivity contribution < 1.29 is 10.3 Å². The molecule has 0 aromatic carbocycles. The highest BCUT2D eigenvalue weighted by Gasteiger charge is 1.62. The monoisotopic (exact) mass is 244 g/mol. The Kier molecular flexibility index (Phi) is 63.4. The van der Waals surface area contributed by atoms with Gasteiger partial charge in [-0.2, -0.15) is 0 Å². The van der Waals surface area contributed by atoms with Gasteiger partial charge in [-0.1, -0.05) is 0 Å². The number of Topliss-reactive ketones (excluding diaryl/α,β-unsaturated/α-hetero) is 1. The minimum absolute atomic E-state index is 0. The van der Waals surface area contributed by atoms with E-state index in [9.17, 15) is 4.79 Å². The van der Waals surface area contributed by atoms with Crippen LogP contribution in [0.15, 0.2) is 0 Å². The first kappa shape index (κ1) is 22.6. The van der Waals surface area contributed by atoms with E-state index in [4.69, 9.17) is 46.4 Å². The summed E-state index contributed by atoms with van der Waals surface area (Å²) in [6.07, 6.45) is 0. The number of alkyl halides is 4. The average molecular weight is 246 g/mol. The predicted octanol–water partition coefficient (Wildman–Crippen LogP) is 2.61. The quantitative estimate of drug-likeness (QED) is 0.606. The molecule has 0 aliphatic carbocycles. The van der Waals surface area contributed by atoms with E-state index in [-0.39, 0.29) is 21.9 Å². The molecule has 0 radical (unpaired) electrons. The largest absolute Gasteiger partial charge is 0.412 e. The zero-order valence-corrected chi connectivity index (χ0v) is 9.36. The molecular weight excluding hydrogens is 234 g/mol. The highest BCUT2D eigenvalue weighted by Crippen LogP contribution is 1.73. The molecule has 0 saturated heterocycles. The number of ketones is 1. The Morgan fingerprint density at radius 3 is 1.00 bits per heavy atom. The van der Waals surface area contributed by atoms with Crippen molar-refractivity contribution in [2.45, 2.75) is 13.8 Å². The molecule has 0 aliphatic heterocycles. The summed E-state index contributed by atoms with van der Waals surface area (Å²) < 4.78 is 0. The second-order valence-electron chi connectivity index (χ2n) is 1.11. The fourth-order valence-electron chi connectivity index (χ4n) is 0. The maximum absolute atomic E-state index is 9.44. The van der Waals surface area contributed by atoms with Crippen molar-refractivity contribution in [3.63, 3.8) is 0 Å². The predicted molar refractivity (Wildman–Crippen MR) is 53.1 cm³/mol. The summed E-state index contributed by atoms with van der Waals surface area (Å²) in [6.45, 7) is 3.06. The Balaban J connectivity index is -0.0000000325. The molecule has 0 spiro atoms. The molecule has 0 unspecified atom stereocenters. The lowest BCUT2D eigenvalue weighted by Crippen LogP contribution is -1.69. The van der Waals surface area contributed by atoms with Crippen LogP contribution in [-0.4, -0.2) is 21.9 Å². The molecule has 0 rings (SSSR count). The Morgan fingerprint density at radius 2 is 1.00 bits per heavy atom. The van der Waals surface area contributed by atoms with Crippen LogP contribution in [-0.2, 0) is 4.79 Å². The van der Waals surface area contributed by atoms with Gasteiger partial charge in [0.05, 0.1) is 10.7 Å². The Morgan fingerprint density at radius 1 is 1.00 bits per heavy atom. The summed E-state index contributed by atoms with van der Waals surface area (Å²) in [5.74, 6) is 0.167. The van der Waals surface area contributed by atoms with Crippen LogP contribution in [0.4, 0.5) is 0 Å². The molecule has 0 bridgehead atoms. The third-order valence-corrected chi connectivity index (χ3v) is 0. The van der Waals surface area contributed by atoms with Crippen LogP contribution in [0.25, 0.3) is 0 Å². The summed E-state index contributed by atoms with van der Waals surface area (Å²) >= 11 is 19.1. The zero-order chi connectivity index (χ0) is 8.99. The lowest BCUT2D eigenvalue weighted by atomic mass is 10.6. The molecule has 6 heteroatoms. The summed E-state index contributed by atoms with van der Waals surface area (Å²) in [6, 6.07) is 0. The van der Waals surface area contributed by atoms with Crippen LogP contribution in [0.5, 0.6) is 0 Å². The Bertz CT molecular complexity index is 54.4. The lowest BCUT2D eigenvalue weighted by Gasteiger charge is -1.56. The number of carbonyl (C=O) groups excluding carboxylic acids is 1. The van der Waals surface area contributed by atoms with Crippen molar-refractivity contribution in [3.8, 4) is 0 Å². The van der Waals surface area contributed by atoms with Crippen molar-refractivity contribution >= 4 is 52.2 Å². The van der Waals surface area contributed by atoms with E-state index < -0.39 is 0 Å². The summed E-state index contributed by atoms with van der Waals surface area (Å²) in [7, 11) is 0. The Labute approximate surface area is 87.1 Å². The van der Waals surface area contributed by atoms with Crippen molar-refractivity contribution in [2.75, 3.05) is 10.7 Å². The normalized spacial score (nSPS) is 5.64. The van der Waals surface area contributed by atoms with Crippen LogP contribution in [0.2, 0.25) is 0 Å². The molecule has 0 heterocycles. The van der Waals surface area contributed by atoms with Crippen molar-refractivity contribution in [3.05, 3.63) is 0 Å². The second kappa shape index (κ2) is 30.8. The average Bonchev–Trinajstić information content (AvgIpc) is 1.65. The van der Waals surface area contributed by atoms with Gasteiger partial charge < -0.3 is 10.3 Å². The second-order valence-corrected chi connectivity index (χ2v) is 2.73. The standard InChI is InChI=1S/C3H6O.2CH2Cl2.H2O/c1-3(2)4;2*2-1-3;/h1-2H3;2*1H2;1H2. The number of hydrogen-bond donors (Lipinski definition) is 0. The molecule has 2 nitrogen and oxygen atoms in total. The van der Waals surface area contributed by atoms with Gasteiger partial charge in [-0.15, -0.1) is 46.4 Å². The van der Waals surface area contributed by atoms with Gasteiger partial charge in [-0.3, -0.25) is 0 Å². The van der Waals surface area contributed by atoms with Crippen LogP contribution in [0.3, 0.4) is 0 Å². The third-order valence-electron chi connectivity index (χ3n) is 0. The zero-order valence-electron chi connectivity index (χ0n) is 6.33. The maximum atomic E-state index is 9.44. The molecular formula is C5H12Cl4O2. The molecule has 0 saturated carbocycles. The molecule has 0 aliphatic rings. The Hall–Kier alpha value is 0.790. The van der Waals surface area contributed by atoms with Gasteiger partial charge in [-0.05, 0) is 13.8 Å². The molecule has 0 aromatic heterocycles. The van der Waals surface area contributed by atoms with Gasteiger partial charge in [0.2, 0.25) is 0 Å². The summed E-state index contributed by atoms with van der Waals surface area (Å²) in [5, 5.41) is 0.389. The van der Waals surface area contributed by atoms with Gasteiger partial charge in [0, 0.05) is 0 Å². The number of halogens is 4. The van der Waals surface area contributed by atoms with Crippen LogP contribution < -0.4 is 0 Å². The van der Waals surface area contributed by atoms with Crippen LogP contribution in [0, 0.1) is 0 Å². The maximum Gasteiger partial charge on any atom is 0.126 e. The minimum Gasteiger partial charge on any atom is -0.412 e. The first-order valence-electron chi connectivity index (χ1n) is 2.27. The van der Waals surface area contributed by atoms with Crippen molar-refractivity contribution in [1.29, 1.82) is 0 Å². The topological polar surface area (TPSA) is 48.6 Å². The van der Waals surface area contributed by atoms with Gasteiger partial charge in [0.15, 0.2) is 0 Å². The summed E-state index contributed by atoms with van der Waals surface area (Å²) in [4.78, 5) is 9.44. The molecule has 72 valence electrons. The fourth-order valence-corrected chi connectivity index (χ4v) is 0. The van der Waals surface area contributed by atoms with E-state index >= 15 is 0 Å². The minimum atomic E-state index is 0. The molecule has 0 atom stereocenters. The highest BCUT2D eigenvalue weighted by atomic mass is 35.5. The van der Waals surface area contributed by atoms with E-state index in [0.29, 0.717) is 0 Å². The van der Waals surface area contributed by atoms with Gasteiger partial charge in [0.1, 0.15) is 5.78 Å². The van der Waals surface area contributed by atoms with Crippen LogP contribution >= 0.6 is 46.4 Å². The third kappa shape index (κ3) is 1340. The van der Waals surface area contributed by atoms with Crippen molar-refractivity contribution in [2.24, 2.45) is 0 Å². The molecule has 2 N–H and O–H groups in total. The van der Waals surface area contributed by atoms with E-state index in [0.717, 1.165) is 0 Å².